The third-order valence-corrected chi connectivity index (χ3v) is 2.54. The number of rotatable bonds is 1. The fourth-order valence-electron chi connectivity index (χ4n) is 1.76. The van der Waals surface area contributed by atoms with Crippen LogP contribution in [0.15, 0.2) is 42.9 Å². The highest BCUT2D eigenvalue weighted by molar-refractivity contribution is 5.94. The molecule has 0 fully saturated rings. The van der Waals surface area contributed by atoms with Gasteiger partial charge in [-0.1, -0.05) is 18.2 Å². The van der Waals surface area contributed by atoms with Crippen LogP contribution in [0, 0.1) is 0 Å². The van der Waals surface area contributed by atoms with Crippen molar-refractivity contribution < 1.29 is 0 Å². The van der Waals surface area contributed by atoms with Crippen LogP contribution in [0.4, 0.5) is 5.82 Å². The van der Waals surface area contributed by atoms with E-state index < -0.39 is 0 Å². The van der Waals surface area contributed by atoms with Gasteiger partial charge >= 0.3 is 0 Å². The van der Waals surface area contributed by atoms with E-state index in [1.807, 2.05) is 24.4 Å². The molecule has 0 aliphatic heterocycles. The molecule has 16 heavy (non-hydrogen) atoms. The van der Waals surface area contributed by atoms with Gasteiger partial charge in [-0.25, -0.2) is 4.98 Å². The average molecular weight is 210 g/mol. The van der Waals surface area contributed by atoms with Crippen molar-refractivity contribution in [1.29, 1.82) is 0 Å². The number of hydrogen-bond donors (Lipinski definition) is 2. The Balaban J connectivity index is 2.22. The van der Waals surface area contributed by atoms with Gasteiger partial charge in [0.1, 0.15) is 5.82 Å². The van der Waals surface area contributed by atoms with E-state index in [-0.39, 0.29) is 0 Å². The normalized spacial score (nSPS) is 10.8. The number of fused-ring (bicyclic) bond motifs is 1. The van der Waals surface area contributed by atoms with Crippen LogP contribution in [-0.2, 0) is 0 Å². The predicted octanol–water partition coefficient (Wildman–Crippen LogP) is 2.21. The van der Waals surface area contributed by atoms with Gasteiger partial charge in [-0.05, 0) is 6.07 Å². The van der Waals surface area contributed by atoms with Crippen LogP contribution in [0.2, 0.25) is 0 Å². The molecule has 2 heterocycles. The number of nitrogen functional groups attached to an aromatic ring is 1. The number of nitrogens with one attached hydrogen (secondary N) is 1. The summed E-state index contributed by atoms with van der Waals surface area (Å²) >= 11 is 0. The Labute approximate surface area is 92.2 Å². The predicted molar refractivity (Wildman–Crippen MR) is 63.7 cm³/mol. The van der Waals surface area contributed by atoms with Crippen LogP contribution < -0.4 is 5.73 Å². The molecule has 0 spiro atoms. The third kappa shape index (κ3) is 1.32. The van der Waals surface area contributed by atoms with Crippen molar-refractivity contribution in [3.63, 3.8) is 0 Å². The van der Waals surface area contributed by atoms with Gasteiger partial charge in [0.25, 0.3) is 0 Å². The fraction of sp³-hybridized carbons (Fsp3) is 0. The van der Waals surface area contributed by atoms with E-state index in [9.17, 15) is 0 Å². The number of benzene rings is 1. The Bertz CT molecular complexity index is 625. The van der Waals surface area contributed by atoms with Crippen LogP contribution in [0.1, 0.15) is 0 Å². The molecule has 0 atom stereocenters. The molecule has 0 amide bonds. The second-order valence-corrected chi connectivity index (χ2v) is 3.57. The molecule has 78 valence electrons. The number of hydrogen-bond acceptors (Lipinski definition) is 3. The Morgan fingerprint density at radius 2 is 1.94 bits per heavy atom. The van der Waals surface area contributed by atoms with Crippen LogP contribution >= 0.6 is 0 Å². The van der Waals surface area contributed by atoms with Crippen LogP contribution in [0.5, 0.6) is 0 Å². The molecule has 3 N–H and O–H groups in total. The Hall–Kier alpha value is -2.36. The van der Waals surface area contributed by atoms with E-state index in [1.54, 1.807) is 12.4 Å². The van der Waals surface area contributed by atoms with Crippen molar-refractivity contribution in [2.45, 2.75) is 0 Å². The molecule has 2 aromatic heterocycles. The maximum absolute atomic E-state index is 5.51. The smallest absolute Gasteiger partial charge is 0.141 e. The maximum Gasteiger partial charge on any atom is 0.141 e. The highest BCUT2D eigenvalue weighted by Crippen LogP contribution is 2.26. The molecule has 0 aliphatic carbocycles. The lowest BCUT2D eigenvalue weighted by Gasteiger charge is -1.98. The number of nitrogens with zero attached hydrogens (tertiary/aromatic N) is 2. The van der Waals surface area contributed by atoms with Gasteiger partial charge in [0.15, 0.2) is 0 Å². The van der Waals surface area contributed by atoms with Gasteiger partial charge in [0.05, 0.1) is 18.1 Å². The summed E-state index contributed by atoms with van der Waals surface area (Å²) in [5.74, 6) is 0.434. The van der Waals surface area contributed by atoms with E-state index in [4.69, 9.17) is 5.73 Å². The molecule has 3 aromatic rings. The zero-order chi connectivity index (χ0) is 11.0. The third-order valence-electron chi connectivity index (χ3n) is 2.54. The number of para-hydroxylation sites is 1. The quantitative estimate of drug-likeness (QED) is 0.647. The average Bonchev–Trinajstić information content (AvgIpc) is 2.74. The number of aromatic amines is 1. The molecule has 0 saturated heterocycles. The number of anilines is 1. The lowest BCUT2D eigenvalue weighted by Crippen LogP contribution is -1.91. The summed E-state index contributed by atoms with van der Waals surface area (Å²) in [7, 11) is 0. The van der Waals surface area contributed by atoms with Gasteiger partial charge in [-0.2, -0.15) is 0 Å². The van der Waals surface area contributed by atoms with Crippen molar-refractivity contribution in [2.75, 3.05) is 5.73 Å². The molecule has 0 aliphatic rings. The number of aromatic nitrogens is 3. The summed E-state index contributed by atoms with van der Waals surface area (Å²) in [5, 5.41) is 1.14. The van der Waals surface area contributed by atoms with E-state index in [0.717, 1.165) is 22.2 Å². The number of H-pyrrole nitrogens is 1. The number of nitrogens with two attached hydrogens (primary N) is 1. The zero-order valence-corrected chi connectivity index (χ0v) is 8.51. The summed E-state index contributed by atoms with van der Waals surface area (Å²) in [6.07, 6.45) is 5.19. The minimum atomic E-state index is 0.434. The lowest BCUT2D eigenvalue weighted by molar-refractivity contribution is 1.22. The highest BCUT2D eigenvalue weighted by Gasteiger charge is 2.06. The Morgan fingerprint density at radius 1 is 1.06 bits per heavy atom. The Morgan fingerprint density at radius 3 is 2.75 bits per heavy atom. The minimum absolute atomic E-state index is 0.434. The van der Waals surface area contributed by atoms with E-state index in [0.29, 0.717) is 5.82 Å². The standard InChI is InChI=1S/C12H10N4/c13-12-7-15-11(6-16-12)9-5-14-10-4-2-1-3-8(9)10/h1-7,14H,(H2,13,16). The van der Waals surface area contributed by atoms with Crippen molar-refractivity contribution >= 4 is 16.7 Å². The van der Waals surface area contributed by atoms with Crippen molar-refractivity contribution in [3.8, 4) is 11.3 Å². The molecular formula is C12H10N4. The summed E-state index contributed by atoms with van der Waals surface area (Å²) in [4.78, 5) is 11.5. The summed E-state index contributed by atoms with van der Waals surface area (Å²) in [5.41, 5.74) is 8.48. The van der Waals surface area contributed by atoms with Gasteiger partial charge in [0, 0.05) is 22.7 Å². The Kier molecular flexibility index (Phi) is 1.86. The van der Waals surface area contributed by atoms with E-state index in [2.05, 4.69) is 21.0 Å². The second-order valence-electron chi connectivity index (χ2n) is 3.57. The first-order valence-corrected chi connectivity index (χ1v) is 4.98. The van der Waals surface area contributed by atoms with Gasteiger partial charge in [-0.3, -0.25) is 4.98 Å². The topological polar surface area (TPSA) is 67.6 Å². The van der Waals surface area contributed by atoms with E-state index >= 15 is 0 Å². The molecule has 4 nitrogen and oxygen atoms in total. The summed E-state index contributed by atoms with van der Waals surface area (Å²) in [6, 6.07) is 8.09. The monoisotopic (exact) mass is 210 g/mol. The second kappa shape index (κ2) is 3.34. The van der Waals surface area contributed by atoms with Crippen molar-refractivity contribution in [2.24, 2.45) is 0 Å². The first kappa shape index (κ1) is 8.91. The van der Waals surface area contributed by atoms with Gasteiger partial charge < -0.3 is 10.7 Å². The van der Waals surface area contributed by atoms with Gasteiger partial charge in [0.2, 0.25) is 0 Å². The fourth-order valence-corrected chi connectivity index (χ4v) is 1.76. The molecule has 0 bridgehead atoms. The molecule has 0 radical (unpaired) electrons. The zero-order valence-electron chi connectivity index (χ0n) is 8.51. The maximum atomic E-state index is 5.51. The SMILES string of the molecule is Nc1cnc(-c2c[nH]c3ccccc23)cn1. The summed E-state index contributed by atoms with van der Waals surface area (Å²) < 4.78 is 0. The van der Waals surface area contributed by atoms with Crippen molar-refractivity contribution in [1.82, 2.24) is 15.0 Å². The molecule has 0 unspecified atom stereocenters. The van der Waals surface area contributed by atoms with Crippen LogP contribution in [-0.4, -0.2) is 15.0 Å². The van der Waals surface area contributed by atoms with Crippen molar-refractivity contribution in [3.05, 3.63) is 42.9 Å². The van der Waals surface area contributed by atoms with E-state index in [1.165, 1.54) is 0 Å². The molecule has 4 heteroatoms. The molecule has 1 aromatic carbocycles. The summed E-state index contributed by atoms with van der Waals surface area (Å²) in [6.45, 7) is 0. The molecule has 0 saturated carbocycles. The lowest BCUT2D eigenvalue weighted by atomic mass is 10.1. The minimum Gasteiger partial charge on any atom is -0.382 e. The molecule has 3 rings (SSSR count). The largest absolute Gasteiger partial charge is 0.382 e. The van der Waals surface area contributed by atoms with Crippen LogP contribution in [0.25, 0.3) is 22.2 Å². The van der Waals surface area contributed by atoms with Crippen LogP contribution in [0.3, 0.4) is 0 Å². The first-order valence-electron chi connectivity index (χ1n) is 4.98. The van der Waals surface area contributed by atoms with Gasteiger partial charge in [-0.15, -0.1) is 0 Å². The highest BCUT2D eigenvalue weighted by atomic mass is 14.9. The molecular weight excluding hydrogens is 200 g/mol. The first-order chi connectivity index (χ1) is 7.84.